The molecular weight excluding hydrogens is 360 g/mol. The van der Waals surface area contributed by atoms with E-state index < -0.39 is 12.0 Å². The topological polar surface area (TPSA) is 105 Å². The molecule has 0 spiro atoms. The second kappa shape index (κ2) is 10.1. The van der Waals surface area contributed by atoms with Gasteiger partial charge in [0, 0.05) is 18.2 Å². The zero-order valence-electron chi connectivity index (χ0n) is 15.9. The van der Waals surface area contributed by atoms with Gasteiger partial charge in [-0.1, -0.05) is 36.4 Å². The van der Waals surface area contributed by atoms with Crippen molar-refractivity contribution in [2.75, 3.05) is 11.9 Å². The van der Waals surface area contributed by atoms with Gasteiger partial charge in [-0.05, 0) is 24.6 Å². The summed E-state index contributed by atoms with van der Waals surface area (Å²) in [5.41, 5.74) is 1.65. The molecule has 1 atom stereocenters. The van der Waals surface area contributed by atoms with E-state index in [2.05, 4.69) is 10.6 Å². The van der Waals surface area contributed by atoms with Gasteiger partial charge in [0.05, 0.1) is 25.5 Å². The maximum Gasteiger partial charge on any atom is 0.307 e. The highest BCUT2D eigenvalue weighted by molar-refractivity contribution is 5.93. The highest BCUT2D eigenvalue weighted by Crippen LogP contribution is 2.28. The summed E-state index contributed by atoms with van der Waals surface area (Å²) in [5, 5.41) is 14.6. The van der Waals surface area contributed by atoms with E-state index in [0.717, 1.165) is 0 Å². The molecule has 7 heteroatoms. The number of nitrogens with one attached hydrogen (secondary N) is 2. The zero-order valence-corrected chi connectivity index (χ0v) is 15.9. The zero-order chi connectivity index (χ0) is 20.5. The third-order valence-electron chi connectivity index (χ3n) is 3.99. The van der Waals surface area contributed by atoms with Crippen molar-refractivity contribution in [3.63, 3.8) is 0 Å². The van der Waals surface area contributed by atoms with Crippen LogP contribution in [0.1, 0.15) is 37.4 Å². The summed E-state index contributed by atoms with van der Waals surface area (Å²) in [6.07, 6.45) is -0.218. The SMILES string of the molecule is CCOc1ccccc1C(CC(=O)Nc1ccccc1CC(=O)O)NC(C)=O. The number of amides is 2. The van der Waals surface area contributed by atoms with Crippen LogP contribution in [-0.4, -0.2) is 29.5 Å². The summed E-state index contributed by atoms with van der Waals surface area (Å²) < 4.78 is 5.61. The molecule has 0 saturated heterocycles. The molecule has 1 unspecified atom stereocenters. The molecule has 0 aliphatic heterocycles. The van der Waals surface area contributed by atoms with E-state index in [4.69, 9.17) is 9.84 Å². The Kier molecular flexibility index (Phi) is 7.56. The third kappa shape index (κ3) is 6.12. The van der Waals surface area contributed by atoms with Crippen molar-refractivity contribution in [1.82, 2.24) is 5.32 Å². The Morgan fingerprint density at radius 1 is 1.07 bits per heavy atom. The number of anilines is 1. The van der Waals surface area contributed by atoms with Gasteiger partial charge in [0.1, 0.15) is 5.75 Å². The number of para-hydroxylation sites is 2. The Bertz CT molecular complexity index is 850. The molecule has 28 heavy (non-hydrogen) atoms. The molecule has 0 saturated carbocycles. The first kappa shape index (κ1) is 21.0. The number of ether oxygens (including phenoxy) is 1. The molecule has 2 aromatic rings. The van der Waals surface area contributed by atoms with Gasteiger partial charge in [-0.25, -0.2) is 0 Å². The molecule has 2 aromatic carbocycles. The van der Waals surface area contributed by atoms with Crippen LogP contribution >= 0.6 is 0 Å². The fourth-order valence-electron chi connectivity index (χ4n) is 2.89. The number of hydrogen-bond acceptors (Lipinski definition) is 4. The number of carboxylic acid groups (broad SMARTS) is 1. The molecule has 0 aromatic heterocycles. The van der Waals surface area contributed by atoms with Crippen LogP contribution in [0.3, 0.4) is 0 Å². The maximum atomic E-state index is 12.6. The normalized spacial score (nSPS) is 11.4. The molecule has 2 rings (SSSR count). The minimum Gasteiger partial charge on any atom is -0.494 e. The molecule has 3 N–H and O–H groups in total. The fraction of sp³-hybridized carbons (Fsp3) is 0.286. The lowest BCUT2D eigenvalue weighted by Crippen LogP contribution is -2.30. The van der Waals surface area contributed by atoms with Crippen LogP contribution in [0.25, 0.3) is 0 Å². The fourth-order valence-corrected chi connectivity index (χ4v) is 2.89. The number of carbonyl (C=O) groups is 3. The molecule has 0 radical (unpaired) electrons. The van der Waals surface area contributed by atoms with E-state index in [0.29, 0.717) is 29.2 Å². The molecule has 148 valence electrons. The van der Waals surface area contributed by atoms with Gasteiger partial charge in [0.2, 0.25) is 11.8 Å². The first-order valence-electron chi connectivity index (χ1n) is 8.99. The lowest BCUT2D eigenvalue weighted by molar-refractivity contribution is -0.136. The maximum absolute atomic E-state index is 12.6. The van der Waals surface area contributed by atoms with Crippen molar-refractivity contribution in [2.45, 2.75) is 32.7 Å². The van der Waals surface area contributed by atoms with Crippen LogP contribution in [-0.2, 0) is 20.8 Å². The molecule has 0 aliphatic rings. The van der Waals surface area contributed by atoms with Crippen molar-refractivity contribution >= 4 is 23.5 Å². The summed E-state index contributed by atoms with van der Waals surface area (Å²) in [7, 11) is 0. The molecule has 2 amide bonds. The second-order valence-corrected chi connectivity index (χ2v) is 6.20. The molecule has 0 heterocycles. The number of rotatable bonds is 9. The molecule has 0 fully saturated rings. The summed E-state index contributed by atoms with van der Waals surface area (Å²) in [4.78, 5) is 35.3. The second-order valence-electron chi connectivity index (χ2n) is 6.20. The van der Waals surface area contributed by atoms with Crippen molar-refractivity contribution in [2.24, 2.45) is 0 Å². The lowest BCUT2D eigenvalue weighted by atomic mass is 10.0. The van der Waals surface area contributed by atoms with Crippen molar-refractivity contribution in [3.8, 4) is 5.75 Å². The Morgan fingerprint density at radius 3 is 2.43 bits per heavy atom. The van der Waals surface area contributed by atoms with E-state index in [1.165, 1.54) is 6.92 Å². The van der Waals surface area contributed by atoms with Crippen molar-refractivity contribution in [1.29, 1.82) is 0 Å². The van der Waals surface area contributed by atoms with E-state index in [1.54, 1.807) is 36.4 Å². The minimum absolute atomic E-state index is 0.0227. The number of aliphatic carboxylic acids is 1. The van der Waals surface area contributed by atoms with Gasteiger partial charge in [0.15, 0.2) is 0 Å². The number of carboxylic acids is 1. The van der Waals surface area contributed by atoms with Gasteiger partial charge >= 0.3 is 5.97 Å². The molecule has 0 aliphatic carbocycles. The van der Waals surface area contributed by atoms with Gasteiger partial charge in [0.25, 0.3) is 0 Å². The Hall–Kier alpha value is -3.35. The standard InChI is InChI=1S/C21H24N2O5/c1-3-28-19-11-7-5-9-16(19)18(22-14(2)24)13-20(25)23-17-10-6-4-8-15(17)12-21(26)27/h4-11,18H,3,12-13H2,1-2H3,(H,22,24)(H,23,25)(H,26,27). The average molecular weight is 384 g/mol. The van der Waals surface area contributed by atoms with Gasteiger partial charge < -0.3 is 20.5 Å². The van der Waals surface area contributed by atoms with Crippen LogP contribution in [0.4, 0.5) is 5.69 Å². The summed E-state index contributed by atoms with van der Waals surface area (Å²) >= 11 is 0. The average Bonchev–Trinajstić information content (AvgIpc) is 2.63. The molecule has 0 bridgehead atoms. The first-order valence-corrected chi connectivity index (χ1v) is 8.99. The molecular formula is C21H24N2O5. The lowest BCUT2D eigenvalue weighted by Gasteiger charge is -2.21. The molecule has 7 nitrogen and oxygen atoms in total. The third-order valence-corrected chi connectivity index (χ3v) is 3.99. The predicted molar refractivity (Wildman–Crippen MR) is 105 cm³/mol. The van der Waals surface area contributed by atoms with Gasteiger partial charge in [-0.2, -0.15) is 0 Å². The van der Waals surface area contributed by atoms with E-state index in [1.807, 2.05) is 19.1 Å². The van der Waals surface area contributed by atoms with Crippen molar-refractivity contribution < 1.29 is 24.2 Å². The quantitative estimate of drug-likeness (QED) is 0.617. The highest BCUT2D eigenvalue weighted by Gasteiger charge is 2.21. The Labute approximate surface area is 163 Å². The van der Waals surface area contributed by atoms with Crippen LogP contribution in [0, 0.1) is 0 Å². The van der Waals surface area contributed by atoms with E-state index >= 15 is 0 Å². The largest absolute Gasteiger partial charge is 0.494 e. The van der Waals surface area contributed by atoms with E-state index in [9.17, 15) is 14.4 Å². The summed E-state index contributed by atoms with van der Waals surface area (Å²) in [5.74, 6) is -0.996. The number of carbonyl (C=O) groups excluding carboxylic acids is 2. The van der Waals surface area contributed by atoms with Crippen LogP contribution in [0.15, 0.2) is 48.5 Å². The highest BCUT2D eigenvalue weighted by atomic mass is 16.5. The van der Waals surface area contributed by atoms with E-state index in [-0.39, 0.29) is 24.7 Å². The first-order chi connectivity index (χ1) is 13.4. The van der Waals surface area contributed by atoms with Gasteiger partial charge in [-0.15, -0.1) is 0 Å². The van der Waals surface area contributed by atoms with Crippen LogP contribution < -0.4 is 15.4 Å². The monoisotopic (exact) mass is 384 g/mol. The number of benzene rings is 2. The summed E-state index contributed by atoms with van der Waals surface area (Å²) in [6, 6.07) is 13.4. The summed E-state index contributed by atoms with van der Waals surface area (Å²) in [6.45, 7) is 3.70. The predicted octanol–water partition coefficient (Wildman–Crippen LogP) is 2.92. The Balaban J connectivity index is 2.21. The number of hydrogen-bond donors (Lipinski definition) is 3. The van der Waals surface area contributed by atoms with Crippen molar-refractivity contribution in [3.05, 3.63) is 59.7 Å². The smallest absolute Gasteiger partial charge is 0.307 e. The van der Waals surface area contributed by atoms with Gasteiger partial charge in [-0.3, -0.25) is 14.4 Å². The van der Waals surface area contributed by atoms with Crippen LogP contribution in [0.2, 0.25) is 0 Å². The minimum atomic E-state index is -0.983. The Morgan fingerprint density at radius 2 is 1.75 bits per heavy atom. The van der Waals surface area contributed by atoms with Crippen LogP contribution in [0.5, 0.6) is 5.75 Å².